The van der Waals surface area contributed by atoms with Gasteiger partial charge in [-0.15, -0.1) is 0 Å². The number of benzene rings is 2. The van der Waals surface area contributed by atoms with Gasteiger partial charge in [-0.1, -0.05) is 35.3 Å². The van der Waals surface area contributed by atoms with Crippen LogP contribution in [0.15, 0.2) is 41.2 Å². The van der Waals surface area contributed by atoms with Crippen molar-refractivity contribution in [3.63, 3.8) is 0 Å². The number of aromatic nitrogens is 1. The predicted molar refractivity (Wildman–Crippen MR) is 109 cm³/mol. The number of rotatable bonds is 4. The molecule has 0 saturated heterocycles. The average Bonchev–Trinajstić information content (AvgIpc) is 2.66. The molecule has 0 aliphatic heterocycles. The van der Waals surface area contributed by atoms with Crippen LogP contribution in [0.5, 0.6) is 0 Å². The van der Waals surface area contributed by atoms with Crippen molar-refractivity contribution in [2.24, 2.45) is 0 Å². The normalized spacial score (nSPS) is 11.0. The molecule has 1 aromatic heterocycles. The van der Waals surface area contributed by atoms with Gasteiger partial charge in [-0.2, -0.15) is 0 Å². The van der Waals surface area contributed by atoms with Gasteiger partial charge in [0.25, 0.3) is 0 Å². The number of halogens is 4. The van der Waals surface area contributed by atoms with Gasteiger partial charge in [-0.05, 0) is 43.7 Å². The Labute approximate surface area is 174 Å². The van der Waals surface area contributed by atoms with Crippen molar-refractivity contribution in [2.75, 3.05) is 0 Å². The third kappa shape index (κ3) is 3.66. The number of pyridine rings is 1. The van der Waals surface area contributed by atoms with Gasteiger partial charge in [-0.3, -0.25) is 4.79 Å². The van der Waals surface area contributed by atoms with Crippen LogP contribution in [0, 0.1) is 18.6 Å². The highest BCUT2D eigenvalue weighted by molar-refractivity contribution is 6.42. The van der Waals surface area contributed by atoms with Crippen molar-refractivity contribution in [3.05, 3.63) is 79.6 Å². The first kappa shape index (κ1) is 21.0. The molecule has 1 N–H and O–H groups in total. The second kappa shape index (κ2) is 7.97. The lowest BCUT2D eigenvalue weighted by Gasteiger charge is -2.21. The molecule has 0 fully saturated rings. The summed E-state index contributed by atoms with van der Waals surface area (Å²) in [6.07, 6.45) is 0. The van der Waals surface area contributed by atoms with Crippen molar-refractivity contribution in [2.45, 2.75) is 20.4 Å². The lowest BCUT2D eigenvalue weighted by Crippen LogP contribution is -2.25. The van der Waals surface area contributed by atoms with E-state index in [9.17, 15) is 23.5 Å². The Morgan fingerprint density at radius 2 is 1.69 bits per heavy atom. The van der Waals surface area contributed by atoms with Crippen LogP contribution in [0.1, 0.15) is 23.0 Å². The van der Waals surface area contributed by atoms with Crippen LogP contribution < -0.4 is 5.43 Å². The minimum Gasteiger partial charge on any atom is -0.477 e. The summed E-state index contributed by atoms with van der Waals surface area (Å²) in [5.74, 6) is -3.63. The van der Waals surface area contributed by atoms with Gasteiger partial charge in [0, 0.05) is 23.4 Å². The Hall–Kier alpha value is -2.70. The molecule has 0 aliphatic carbocycles. The number of carboxylic acid groups (broad SMARTS) is 1. The molecule has 3 aromatic rings. The second-order valence-corrected chi connectivity index (χ2v) is 7.13. The van der Waals surface area contributed by atoms with Crippen LogP contribution in [0.2, 0.25) is 10.0 Å². The van der Waals surface area contributed by atoms with E-state index < -0.39 is 28.6 Å². The van der Waals surface area contributed by atoms with E-state index in [1.807, 2.05) is 0 Å². The first-order chi connectivity index (χ1) is 13.7. The molecule has 0 aliphatic rings. The van der Waals surface area contributed by atoms with Crippen molar-refractivity contribution < 1.29 is 18.7 Å². The van der Waals surface area contributed by atoms with E-state index >= 15 is 0 Å². The Bertz CT molecular complexity index is 1210. The quantitative estimate of drug-likeness (QED) is 0.561. The fourth-order valence-electron chi connectivity index (χ4n) is 3.36. The standard InChI is InChI=1S/C21H15Cl2F2NO3/c1-3-26-10(2)17(11-5-7-15(24)16(25)9-11)20(27)18(21(28)29)19(26)12-4-6-13(22)14(23)8-12/h4-9H,3H2,1-2H3,(H,28,29). The molecule has 4 nitrogen and oxygen atoms in total. The number of hydrogen-bond donors (Lipinski definition) is 1. The smallest absolute Gasteiger partial charge is 0.341 e. The van der Waals surface area contributed by atoms with E-state index in [0.29, 0.717) is 17.8 Å². The maximum absolute atomic E-state index is 13.8. The number of carboxylic acids is 1. The van der Waals surface area contributed by atoms with Crippen molar-refractivity contribution in [3.8, 4) is 22.4 Å². The number of aromatic carboxylic acids is 1. The van der Waals surface area contributed by atoms with Gasteiger partial charge in [0.2, 0.25) is 5.43 Å². The van der Waals surface area contributed by atoms with Gasteiger partial charge in [0.1, 0.15) is 5.56 Å². The van der Waals surface area contributed by atoms with Crippen LogP contribution in [0.25, 0.3) is 22.4 Å². The van der Waals surface area contributed by atoms with Crippen molar-refractivity contribution >= 4 is 29.2 Å². The highest BCUT2D eigenvalue weighted by Crippen LogP contribution is 2.33. The summed E-state index contributed by atoms with van der Waals surface area (Å²) in [7, 11) is 0. The molecular weight excluding hydrogens is 423 g/mol. The zero-order valence-electron chi connectivity index (χ0n) is 15.4. The van der Waals surface area contributed by atoms with Crippen LogP contribution >= 0.6 is 23.2 Å². The van der Waals surface area contributed by atoms with Crippen molar-refractivity contribution in [1.29, 1.82) is 0 Å². The van der Waals surface area contributed by atoms with E-state index in [4.69, 9.17) is 23.2 Å². The van der Waals surface area contributed by atoms with Gasteiger partial charge >= 0.3 is 5.97 Å². The minimum absolute atomic E-state index is 0.00744. The van der Waals surface area contributed by atoms with Crippen molar-refractivity contribution in [1.82, 2.24) is 4.57 Å². The summed E-state index contributed by atoms with van der Waals surface area (Å²) in [4.78, 5) is 25.2. The van der Waals surface area contributed by atoms with E-state index in [0.717, 1.165) is 12.1 Å². The third-order valence-corrected chi connectivity index (χ3v) is 5.40. The lowest BCUT2D eigenvalue weighted by atomic mass is 9.96. The SMILES string of the molecule is CCn1c(C)c(-c2ccc(F)c(F)c2)c(=O)c(C(=O)O)c1-c1ccc(Cl)c(Cl)c1. The summed E-state index contributed by atoms with van der Waals surface area (Å²) in [6.45, 7) is 3.71. The second-order valence-electron chi connectivity index (χ2n) is 6.32. The summed E-state index contributed by atoms with van der Waals surface area (Å²) in [6, 6.07) is 7.57. The van der Waals surface area contributed by atoms with Crippen LogP contribution in [0.4, 0.5) is 8.78 Å². The van der Waals surface area contributed by atoms with E-state index in [1.54, 1.807) is 24.5 Å². The zero-order chi connectivity index (χ0) is 21.5. The highest BCUT2D eigenvalue weighted by atomic mass is 35.5. The monoisotopic (exact) mass is 437 g/mol. The van der Waals surface area contributed by atoms with Gasteiger partial charge < -0.3 is 9.67 Å². The van der Waals surface area contributed by atoms with Crippen LogP contribution in [0.3, 0.4) is 0 Å². The lowest BCUT2D eigenvalue weighted by molar-refractivity contribution is 0.0695. The first-order valence-electron chi connectivity index (χ1n) is 8.58. The molecule has 0 spiro atoms. The molecule has 0 radical (unpaired) electrons. The maximum atomic E-state index is 13.8. The topological polar surface area (TPSA) is 59.3 Å². The molecule has 2 aromatic carbocycles. The molecule has 0 saturated carbocycles. The first-order valence-corrected chi connectivity index (χ1v) is 9.34. The van der Waals surface area contributed by atoms with Gasteiger partial charge in [0.15, 0.2) is 11.6 Å². The van der Waals surface area contributed by atoms with Crippen LogP contribution in [-0.2, 0) is 6.54 Å². The largest absolute Gasteiger partial charge is 0.477 e. The van der Waals surface area contributed by atoms with E-state index in [1.165, 1.54) is 18.2 Å². The maximum Gasteiger partial charge on any atom is 0.341 e. The summed E-state index contributed by atoms with van der Waals surface area (Å²) in [5, 5.41) is 10.3. The number of hydrogen-bond acceptors (Lipinski definition) is 2. The fourth-order valence-corrected chi connectivity index (χ4v) is 3.66. The Morgan fingerprint density at radius 1 is 1.03 bits per heavy atom. The molecule has 0 amide bonds. The molecule has 0 unspecified atom stereocenters. The number of carbonyl (C=O) groups is 1. The summed E-state index contributed by atoms with van der Waals surface area (Å²) in [5.41, 5.74) is -0.233. The molecule has 1 heterocycles. The Balaban J connectivity index is 2.45. The Kier molecular flexibility index (Phi) is 5.78. The molecular formula is C21H15Cl2F2NO3. The molecule has 8 heteroatoms. The van der Waals surface area contributed by atoms with E-state index in [-0.39, 0.29) is 26.9 Å². The van der Waals surface area contributed by atoms with Gasteiger partial charge in [-0.25, -0.2) is 13.6 Å². The fraction of sp³-hybridized carbons (Fsp3) is 0.143. The third-order valence-electron chi connectivity index (χ3n) is 4.66. The zero-order valence-corrected chi connectivity index (χ0v) is 16.9. The Morgan fingerprint density at radius 3 is 2.24 bits per heavy atom. The summed E-state index contributed by atoms with van der Waals surface area (Å²) >= 11 is 12.0. The van der Waals surface area contributed by atoms with E-state index in [2.05, 4.69) is 0 Å². The number of nitrogens with zero attached hydrogens (tertiary/aromatic N) is 1. The highest BCUT2D eigenvalue weighted by Gasteiger charge is 2.26. The predicted octanol–water partition coefficient (Wildman–Crippen LogP) is 5.79. The van der Waals surface area contributed by atoms with Gasteiger partial charge in [0.05, 0.1) is 15.7 Å². The minimum atomic E-state index is -1.44. The molecule has 150 valence electrons. The summed E-state index contributed by atoms with van der Waals surface area (Å²) < 4.78 is 28.7. The molecule has 3 rings (SSSR count). The molecule has 0 bridgehead atoms. The average molecular weight is 438 g/mol. The molecule has 29 heavy (non-hydrogen) atoms. The molecule has 0 atom stereocenters. The van der Waals surface area contributed by atoms with Crippen LogP contribution in [-0.4, -0.2) is 15.6 Å².